The molecule has 0 spiro atoms. The van der Waals surface area contributed by atoms with E-state index >= 15 is 0 Å². The topological polar surface area (TPSA) is 112 Å². The molecule has 1 atom stereocenters. The van der Waals surface area contributed by atoms with Crippen LogP contribution in [0.1, 0.15) is 25.6 Å². The minimum absolute atomic E-state index is 0.0259. The number of aliphatic hydroxyl groups is 1. The van der Waals surface area contributed by atoms with E-state index in [0.717, 1.165) is 5.52 Å². The molecule has 8 nitrogen and oxygen atoms in total. The predicted octanol–water partition coefficient (Wildman–Crippen LogP) is 2.06. The van der Waals surface area contributed by atoms with E-state index in [9.17, 15) is 13.9 Å². The monoisotopic (exact) mass is 351 g/mol. The first-order valence-corrected chi connectivity index (χ1v) is 7.59. The summed E-state index contributed by atoms with van der Waals surface area (Å²) in [6.45, 7) is 3.30. The molecule has 25 heavy (non-hydrogen) atoms. The Balaban J connectivity index is 1.87. The van der Waals surface area contributed by atoms with Crippen molar-refractivity contribution in [3.05, 3.63) is 24.1 Å². The van der Waals surface area contributed by atoms with E-state index in [2.05, 4.69) is 20.0 Å². The molecule has 0 aromatic carbocycles. The molecule has 4 rings (SSSR count). The van der Waals surface area contributed by atoms with E-state index in [0.29, 0.717) is 11.1 Å². The van der Waals surface area contributed by atoms with E-state index < -0.39 is 24.1 Å². The summed E-state index contributed by atoms with van der Waals surface area (Å²) in [5.41, 5.74) is 4.68. The second-order valence-electron chi connectivity index (χ2n) is 6.22. The van der Waals surface area contributed by atoms with Gasteiger partial charge in [-0.1, -0.05) is 5.16 Å². The molecule has 0 bridgehead atoms. The first-order valence-electron chi connectivity index (χ1n) is 7.59. The normalized spacial score (nSPS) is 22.5. The van der Waals surface area contributed by atoms with Gasteiger partial charge >= 0.3 is 6.11 Å². The fourth-order valence-corrected chi connectivity index (χ4v) is 2.80. The quantitative estimate of drug-likeness (QED) is 0.743. The fourth-order valence-electron chi connectivity index (χ4n) is 2.80. The molecule has 1 unspecified atom stereocenters. The summed E-state index contributed by atoms with van der Waals surface area (Å²) in [5, 5.41) is 18.9. The number of fused-ring (bicyclic) bond motifs is 1. The standard InChI is InChI=1S/C15H15F2N5O3/c1-7(2)22-9-3-4-19-13(18)11(9)12(20-22)8-5-10(25-21-8)14(23)6-24-15(14,16)17/h3-5,7,23H,6H2,1-2H3,(H2,18,19). The number of nitrogens with two attached hydrogens (primary N) is 1. The van der Waals surface area contributed by atoms with Crippen molar-refractivity contribution in [2.45, 2.75) is 31.6 Å². The number of alkyl halides is 2. The Hall–Kier alpha value is -2.59. The Morgan fingerprint density at radius 1 is 1.40 bits per heavy atom. The molecule has 1 saturated heterocycles. The number of hydrogen-bond donors (Lipinski definition) is 2. The molecule has 1 fully saturated rings. The van der Waals surface area contributed by atoms with Crippen LogP contribution in [0.3, 0.4) is 0 Å². The van der Waals surface area contributed by atoms with Crippen molar-refractivity contribution >= 4 is 16.7 Å². The third-order valence-corrected chi connectivity index (χ3v) is 4.24. The average molecular weight is 351 g/mol. The van der Waals surface area contributed by atoms with Crippen LogP contribution in [0.25, 0.3) is 22.3 Å². The van der Waals surface area contributed by atoms with Gasteiger partial charge in [0.15, 0.2) is 5.76 Å². The van der Waals surface area contributed by atoms with Crippen molar-refractivity contribution < 1.29 is 23.1 Å². The fraction of sp³-hybridized carbons (Fsp3) is 0.400. The van der Waals surface area contributed by atoms with Crippen LogP contribution in [-0.4, -0.2) is 37.7 Å². The van der Waals surface area contributed by atoms with Gasteiger partial charge in [-0.3, -0.25) is 4.68 Å². The van der Waals surface area contributed by atoms with Gasteiger partial charge in [-0.2, -0.15) is 13.9 Å². The summed E-state index contributed by atoms with van der Waals surface area (Å²) in [6.07, 6.45) is -2.17. The van der Waals surface area contributed by atoms with Crippen LogP contribution in [0.5, 0.6) is 0 Å². The first kappa shape index (κ1) is 15.9. The molecule has 0 radical (unpaired) electrons. The Morgan fingerprint density at radius 2 is 2.16 bits per heavy atom. The van der Waals surface area contributed by atoms with Crippen LogP contribution < -0.4 is 5.73 Å². The molecule has 1 aliphatic rings. The van der Waals surface area contributed by atoms with Gasteiger partial charge in [0.05, 0.1) is 17.5 Å². The van der Waals surface area contributed by atoms with Gasteiger partial charge in [0.25, 0.3) is 0 Å². The number of aromatic nitrogens is 4. The third kappa shape index (κ3) is 2.07. The van der Waals surface area contributed by atoms with Crippen molar-refractivity contribution in [3.63, 3.8) is 0 Å². The van der Waals surface area contributed by atoms with Gasteiger partial charge in [0, 0.05) is 18.3 Å². The van der Waals surface area contributed by atoms with E-state index in [1.807, 2.05) is 13.8 Å². The highest BCUT2D eigenvalue weighted by molar-refractivity contribution is 5.99. The van der Waals surface area contributed by atoms with Crippen LogP contribution in [-0.2, 0) is 10.3 Å². The SMILES string of the molecule is CC(C)n1nc(-c2cc(C3(O)COC3(F)F)on2)c2c(N)nccc21. The molecule has 0 saturated carbocycles. The lowest BCUT2D eigenvalue weighted by atomic mass is 9.95. The van der Waals surface area contributed by atoms with Crippen LogP contribution >= 0.6 is 0 Å². The Bertz CT molecular complexity index is 967. The van der Waals surface area contributed by atoms with E-state index in [1.54, 1.807) is 16.9 Å². The lowest BCUT2D eigenvalue weighted by Gasteiger charge is -2.41. The summed E-state index contributed by atoms with van der Waals surface area (Å²) in [4.78, 5) is 4.05. The molecule has 3 aromatic rings. The number of nitrogen functional groups attached to an aromatic ring is 1. The number of ether oxygens (including phenoxy) is 1. The molecule has 132 valence electrons. The summed E-state index contributed by atoms with van der Waals surface area (Å²) in [5.74, 6) is -0.159. The van der Waals surface area contributed by atoms with Crippen molar-refractivity contribution in [1.29, 1.82) is 0 Å². The minimum Gasteiger partial charge on any atom is -0.383 e. The van der Waals surface area contributed by atoms with Gasteiger partial charge in [-0.05, 0) is 19.9 Å². The molecule has 4 heterocycles. The Kier molecular flexibility index (Phi) is 3.16. The summed E-state index contributed by atoms with van der Waals surface area (Å²) in [6, 6.07) is 3.00. The maximum atomic E-state index is 13.5. The maximum Gasteiger partial charge on any atom is 0.394 e. The molecule has 0 amide bonds. The van der Waals surface area contributed by atoms with Gasteiger partial charge in [-0.25, -0.2) is 4.98 Å². The summed E-state index contributed by atoms with van der Waals surface area (Å²) in [7, 11) is 0. The highest BCUT2D eigenvalue weighted by Gasteiger charge is 2.67. The minimum atomic E-state index is -3.73. The number of nitrogens with zero attached hydrogens (tertiary/aromatic N) is 4. The zero-order chi connectivity index (χ0) is 18.0. The smallest absolute Gasteiger partial charge is 0.383 e. The molecule has 3 N–H and O–H groups in total. The average Bonchev–Trinajstić information content (AvgIpc) is 3.18. The van der Waals surface area contributed by atoms with E-state index in [1.165, 1.54) is 6.07 Å². The number of hydrogen-bond acceptors (Lipinski definition) is 7. The molecule has 3 aromatic heterocycles. The van der Waals surface area contributed by atoms with Crippen LogP contribution in [0.2, 0.25) is 0 Å². The summed E-state index contributed by atoms with van der Waals surface area (Å²) >= 11 is 0. The van der Waals surface area contributed by atoms with Crippen LogP contribution in [0, 0.1) is 0 Å². The van der Waals surface area contributed by atoms with Crippen molar-refractivity contribution in [2.75, 3.05) is 12.3 Å². The highest BCUT2D eigenvalue weighted by atomic mass is 19.3. The molecule has 1 aliphatic heterocycles. The maximum absolute atomic E-state index is 13.5. The second kappa shape index (κ2) is 4.96. The Morgan fingerprint density at radius 3 is 2.76 bits per heavy atom. The summed E-state index contributed by atoms with van der Waals surface area (Å²) < 4.78 is 37.8. The largest absolute Gasteiger partial charge is 0.394 e. The van der Waals surface area contributed by atoms with Gasteiger partial charge in [0.2, 0.25) is 5.60 Å². The number of anilines is 1. The number of pyridine rings is 1. The van der Waals surface area contributed by atoms with Crippen molar-refractivity contribution in [2.24, 2.45) is 0 Å². The molecule has 10 heteroatoms. The van der Waals surface area contributed by atoms with E-state index in [4.69, 9.17) is 10.3 Å². The lowest BCUT2D eigenvalue weighted by molar-refractivity contribution is -0.436. The van der Waals surface area contributed by atoms with Gasteiger partial charge < -0.3 is 20.1 Å². The number of halogens is 2. The highest BCUT2D eigenvalue weighted by Crippen LogP contribution is 2.48. The Labute approximate surface area is 140 Å². The lowest BCUT2D eigenvalue weighted by Crippen LogP contribution is -2.60. The van der Waals surface area contributed by atoms with E-state index in [-0.39, 0.29) is 17.6 Å². The number of rotatable bonds is 3. The predicted molar refractivity (Wildman–Crippen MR) is 82.6 cm³/mol. The zero-order valence-electron chi connectivity index (χ0n) is 13.4. The second-order valence-corrected chi connectivity index (χ2v) is 6.22. The third-order valence-electron chi connectivity index (χ3n) is 4.24. The molecule has 0 aliphatic carbocycles. The van der Waals surface area contributed by atoms with Crippen molar-refractivity contribution in [1.82, 2.24) is 19.9 Å². The zero-order valence-corrected chi connectivity index (χ0v) is 13.4. The van der Waals surface area contributed by atoms with Crippen LogP contribution in [0.15, 0.2) is 22.9 Å². The molecular formula is C15H15F2N5O3. The first-order chi connectivity index (χ1) is 11.7. The molecular weight excluding hydrogens is 336 g/mol. The van der Waals surface area contributed by atoms with Crippen molar-refractivity contribution in [3.8, 4) is 11.4 Å². The van der Waals surface area contributed by atoms with Gasteiger partial charge in [0.1, 0.15) is 17.2 Å². The van der Waals surface area contributed by atoms with Crippen LogP contribution in [0.4, 0.5) is 14.6 Å². The van der Waals surface area contributed by atoms with Gasteiger partial charge in [-0.15, -0.1) is 0 Å².